The van der Waals surface area contributed by atoms with Crippen LogP contribution in [0.5, 0.6) is 0 Å². The van der Waals surface area contributed by atoms with E-state index in [4.69, 9.17) is 0 Å². The van der Waals surface area contributed by atoms with E-state index in [2.05, 4.69) is 58.8 Å². The van der Waals surface area contributed by atoms with Crippen LogP contribution in [-0.4, -0.2) is 10.9 Å². The minimum atomic E-state index is -0.0880. The highest BCUT2D eigenvalue weighted by Gasteiger charge is 2.15. The Kier molecular flexibility index (Phi) is 5.67. The molecule has 0 aliphatic rings. The Bertz CT molecular complexity index is 748. The summed E-state index contributed by atoms with van der Waals surface area (Å²) < 4.78 is 0. The molecule has 3 aromatic rings. The average molecular weight is 355 g/mol. The van der Waals surface area contributed by atoms with Gasteiger partial charge in [0.2, 0.25) is 5.91 Å². The molecule has 0 fully saturated rings. The van der Waals surface area contributed by atoms with E-state index in [-0.39, 0.29) is 11.2 Å². The third-order valence-electron chi connectivity index (χ3n) is 3.44. The van der Waals surface area contributed by atoms with Gasteiger partial charge in [-0.15, -0.1) is 23.1 Å². The normalized spacial score (nSPS) is 10.8. The molecule has 122 valence electrons. The molecule has 1 aromatic heterocycles. The van der Waals surface area contributed by atoms with Crippen LogP contribution >= 0.6 is 23.1 Å². The number of carbonyl (C=O) groups excluding carboxylic acids is 1. The molecule has 1 heterocycles. The largest absolute Gasteiger partial charge is 0.302 e. The Morgan fingerprint density at radius 2 is 1.67 bits per heavy atom. The predicted molar refractivity (Wildman–Crippen MR) is 102 cm³/mol. The molecule has 1 amide bonds. The Balaban J connectivity index is 1.75. The number of amides is 1. The van der Waals surface area contributed by atoms with E-state index in [1.54, 1.807) is 0 Å². The van der Waals surface area contributed by atoms with Crippen LogP contribution in [-0.2, 0) is 10.5 Å². The molecule has 5 heteroatoms. The van der Waals surface area contributed by atoms with Crippen molar-refractivity contribution in [2.45, 2.75) is 17.9 Å². The quantitative estimate of drug-likeness (QED) is 0.668. The smallest absolute Gasteiger partial charge is 0.223 e. The number of hydrogen-bond donors (Lipinski definition) is 1. The molecule has 0 aliphatic carbocycles. The van der Waals surface area contributed by atoms with Gasteiger partial charge in [-0.25, -0.2) is 4.98 Å². The number of thiazole rings is 1. The lowest BCUT2D eigenvalue weighted by atomic mass is 10.0. The van der Waals surface area contributed by atoms with Crippen LogP contribution in [0.2, 0.25) is 0 Å². The lowest BCUT2D eigenvalue weighted by Gasteiger charge is -2.17. The van der Waals surface area contributed by atoms with Gasteiger partial charge in [-0.2, -0.15) is 0 Å². The lowest BCUT2D eigenvalue weighted by Crippen LogP contribution is -2.05. The van der Waals surface area contributed by atoms with Gasteiger partial charge in [-0.3, -0.25) is 4.79 Å². The van der Waals surface area contributed by atoms with Gasteiger partial charge in [0.05, 0.1) is 10.9 Å². The van der Waals surface area contributed by atoms with Crippen molar-refractivity contribution < 1.29 is 4.79 Å². The van der Waals surface area contributed by atoms with Gasteiger partial charge in [0.15, 0.2) is 5.13 Å². The molecule has 3 rings (SSSR count). The molecule has 2 aromatic carbocycles. The summed E-state index contributed by atoms with van der Waals surface area (Å²) in [5.74, 6) is 0.708. The van der Waals surface area contributed by atoms with Crippen molar-refractivity contribution >= 4 is 34.1 Å². The third kappa shape index (κ3) is 4.46. The van der Waals surface area contributed by atoms with Crippen molar-refractivity contribution in [2.75, 3.05) is 5.32 Å². The fourth-order valence-corrected chi connectivity index (χ4v) is 4.44. The molecule has 0 spiro atoms. The first-order valence-electron chi connectivity index (χ1n) is 7.66. The summed E-state index contributed by atoms with van der Waals surface area (Å²) in [5, 5.41) is 5.66. The Hall–Kier alpha value is -2.11. The summed E-state index contributed by atoms with van der Waals surface area (Å²) in [6.07, 6.45) is 0. The summed E-state index contributed by atoms with van der Waals surface area (Å²) in [5.41, 5.74) is 3.56. The Morgan fingerprint density at radius 3 is 2.21 bits per heavy atom. The van der Waals surface area contributed by atoms with Gasteiger partial charge < -0.3 is 5.32 Å². The molecule has 0 radical (unpaired) electrons. The summed E-state index contributed by atoms with van der Waals surface area (Å²) in [6.45, 7) is 1.50. The first kappa shape index (κ1) is 16.7. The van der Waals surface area contributed by atoms with Crippen LogP contribution in [0, 0.1) is 0 Å². The molecule has 0 atom stereocenters. The molecular formula is C19H18N2OS2. The van der Waals surface area contributed by atoms with Gasteiger partial charge in [0, 0.05) is 18.1 Å². The number of benzene rings is 2. The Labute approximate surface area is 150 Å². The second-order valence-electron chi connectivity index (χ2n) is 5.34. The van der Waals surface area contributed by atoms with E-state index in [1.165, 1.54) is 29.4 Å². The SMILES string of the molecule is CC(=O)Nc1nc(CSC(c2ccccc2)c2ccccc2)cs1. The minimum absolute atomic E-state index is 0.0880. The maximum Gasteiger partial charge on any atom is 0.223 e. The highest BCUT2D eigenvalue weighted by molar-refractivity contribution is 7.98. The van der Waals surface area contributed by atoms with Crippen LogP contribution in [0.3, 0.4) is 0 Å². The van der Waals surface area contributed by atoms with Crippen LogP contribution in [0.4, 0.5) is 5.13 Å². The fraction of sp³-hybridized carbons (Fsp3) is 0.158. The number of rotatable bonds is 6. The van der Waals surface area contributed by atoms with Gasteiger partial charge >= 0.3 is 0 Å². The van der Waals surface area contributed by atoms with E-state index in [1.807, 2.05) is 29.3 Å². The van der Waals surface area contributed by atoms with Crippen molar-refractivity contribution in [1.29, 1.82) is 0 Å². The van der Waals surface area contributed by atoms with E-state index in [9.17, 15) is 4.79 Å². The van der Waals surface area contributed by atoms with Crippen LogP contribution < -0.4 is 5.32 Å². The highest BCUT2D eigenvalue weighted by Crippen LogP contribution is 2.37. The maximum atomic E-state index is 11.1. The zero-order chi connectivity index (χ0) is 16.8. The van der Waals surface area contributed by atoms with Crippen LogP contribution in [0.1, 0.15) is 29.0 Å². The third-order valence-corrected chi connectivity index (χ3v) is 5.58. The number of hydrogen-bond acceptors (Lipinski definition) is 4. The minimum Gasteiger partial charge on any atom is -0.302 e. The monoisotopic (exact) mass is 354 g/mol. The second kappa shape index (κ2) is 8.13. The average Bonchev–Trinajstić information content (AvgIpc) is 3.04. The highest BCUT2D eigenvalue weighted by atomic mass is 32.2. The lowest BCUT2D eigenvalue weighted by molar-refractivity contribution is -0.114. The zero-order valence-electron chi connectivity index (χ0n) is 13.3. The maximum absolute atomic E-state index is 11.1. The van der Waals surface area contributed by atoms with Gasteiger partial charge in [0.1, 0.15) is 0 Å². The first-order chi connectivity index (χ1) is 11.7. The summed E-state index contributed by atoms with van der Waals surface area (Å²) in [4.78, 5) is 15.6. The number of carbonyl (C=O) groups is 1. The van der Waals surface area contributed by atoms with E-state index < -0.39 is 0 Å². The molecule has 0 unspecified atom stereocenters. The molecular weight excluding hydrogens is 336 g/mol. The van der Waals surface area contributed by atoms with Crippen molar-refractivity contribution in [1.82, 2.24) is 4.98 Å². The number of anilines is 1. The van der Waals surface area contributed by atoms with E-state index >= 15 is 0 Å². The predicted octanol–water partition coefficient (Wildman–Crippen LogP) is 5.12. The second-order valence-corrected chi connectivity index (χ2v) is 7.29. The molecule has 1 N–H and O–H groups in total. The number of nitrogens with one attached hydrogen (secondary N) is 1. The standard InChI is InChI=1S/C19H18N2OS2/c1-14(22)20-19-21-17(13-24-19)12-23-18(15-8-4-2-5-9-15)16-10-6-3-7-11-16/h2-11,13,18H,12H2,1H3,(H,20,21,22). The fourth-order valence-electron chi connectivity index (χ4n) is 2.39. The number of nitrogens with zero attached hydrogens (tertiary/aromatic N) is 1. The summed E-state index contributed by atoms with van der Waals surface area (Å²) in [7, 11) is 0. The molecule has 24 heavy (non-hydrogen) atoms. The van der Waals surface area contributed by atoms with Crippen molar-refractivity contribution in [3.8, 4) is 0 Å². The van der Waals surface area contributed by atoms with Crippen LogP contribution in [0.25, 0.3) is 0 Å². The van der Waals surface area contributed by atoms with Gasteiger partial charge in [-0.1, -0.05) is 60.7 Å². The summed E-state index contributed by atoms with van der Waals surface area (Å²) >= 11 is 3.31. The number of thioether (sulfide) groups is 1. The van der Waals surface area contributed by atoms with Gasteiger partial charge in [-0.05, 0) is 11.1 Å². The molecule has 0 saturated heterocycles. The summed E-state index contributed by atoms with van der Waals surface area (Å²) in [6, 6.07) is 21.0. The van der Waals surface area contributed by atoms with Crippen molar-refractivity contribution in [3.05, 3.63) is 82.9 Å². The first-order valence-corrected chi connectivity index (χ1v) is 9.58. The molecule has 0 bridgehead atoms. The molecule has 0 aliphatic heterocycles. The van der Waals surface area contributed by atoms with Crippen molar-refractivity contribution in [2.24, 2.45) is 0 Å². The van der Waals surface area contributed by atoms with Gasteiger partial charge in [0.25, 0.3) is 0 Å². The molecule has 0 saturated carbocycles. The van der Waals surface area contributed by atoms with Crippen molar-refractivity contribution in [3.63, 3.8) is 0 Å². The molecule has 3 nitrogen and oxygen atoms in total. The topological polar surface area (TPSA) is 42.0 Å². The Morgan fingerprint density at radius 1 is 1.08 bits per heavy atom. The number of aromatic nitrogens is 1. The zero-order valence-corrected chi connectivity index (χ0v) is 14.9. The van der Waals surface area contributed by atoms with E-state index in [0.717, 1.165) is 11.4 Å². The van der Waals surface area contributed by atoms with E-state index in [0.29, 0.717) is 5.13 Å². The van der Waals surface area contributed by atoms with Crippen LogP contribution in [0.15, 0.2) is 66.0 Å².